The molecule has 3 nitrogen and oxygen atoms in total. The number of carbonyl (C=O) groups is 1. The summed E-state index contributed by atoms with van der Waals surface area (Å²) in [6.07, 6.45) is 1.90. The van der Waals surface area contributed by atoms with Crippen LogP contribution in [0.2, 0.25) is 0 Å². The number of carbonyl (C=O) groups excluding carboxylic acids is 1. The number of amides is 1. The van der Waals surface area contributed by atoms with Crippen molar-refractivity contribution in [1.82, 2.24) is 4.90 Å². The molecule has 1 fully saturated rings. The molecular weight excluding hydrogens is 386 g/mol. The van der Waals surface area contributed by atoms with Crippen molar-refractivity contribution in [2.45, 2.75) is 13.5 Å². The van der Waals surface area contributed by atoms with Crippen LogP contribution in [0.3, 0.4) is 0 Å². The van der Waals surface area contributed by atoms with Gasteiger partial charge in [0.25, 0.3) is 5.91 Å². The number of fused-ring (bicyclic) bond motifs is 1. The van der Waals surface area contributed by atoms with Gasteiger partial charge in [-0.05, 0) is 35.4 Å². The zero-order chi connectivity index (χ0) is 19.7. The van der Waals surface area contributed by atoms with Crippen molar-refractivity contribution in [3.05, 3.63) is 82.3 Å². The van der Waals surface area contributed by atoms with Crippen LogP contribution in [0.1, 0.15) is 16.7 Å². The van der Waals surface area contributed by atoms with E-state index in [4.69, 9.17) is 17.0 Å². The Morgan fingerprint density at radius 1 is 1.11 bits per heavy atom. The molecule has 0 spiro atoms. The molecule has 1 aliphatic rings. The summed E-state index contributed by atoms with van der Waals surface area (Å²) in [7, 11) is 1.71. The second-order valence-electron chi connectivity index (χ2n) is 6.72. The number of ether oxygens (including phenoxy) is 1. The number of thioether (sulfide) groups is 1. The molecule has 140 valence electrons. The molecule has 0 N–H and O–H groups in total. The first kappa shape index (κ1) is 18.7. The molecule has 0 aromatic heterocycles. The molecule has 0 bridgehead atoms. The molecule has 28 heavy (non-hydrogen) atoms. The average Bonchev–Trinajstić information content (AvgIpc) is 2.94. The molecular formula is C23H19NO2S2. The smallest absolute Gasteiger partial charge is 0.265 e. The van der Waals surface area contributed by atoms with Crippen molar-refractivity contribution in [2.24, 2.45) is 0 Å². The van der Waals surface area contributed by atoms with Gasteiger partial charge in [0.15, 0.2) is 0 Å². The number of thiocarbonyl (C=S) groups is 1. The number of rotatable bonds is 4. The van der Waals surface area contributed by atoms with E-state index in [-0.39, 0.29) is 5.91 Å². The Morgan fingerprint density at radius 2 is 1.93 bits per heavy atom. The van der Waals surface area contributed by atoms with Crippen molar-refractivity contribution in [2.75, 3.05) is 7.05 Å². The van der Waals surface area contributed by atoms with Crippen molar-refractivity contribution >= 4 is 51.1 Å². The van der Waals surface area contributed by atoms with Gasteiger partial charge < -0.3 is 4.74 Å². The fourth-order valence-electron chi connectivity index (χ4n) is 3.19. The molecule has 3 aromatic rings. The summed E-state index contributed by atoms with van der Waals surface area (Å²) in [4.78, 5) is 14.6. The molecule has 0 aliphatic carbocycles. The summed E-state index contributed by atoms with van der Waals surface area (Å²) in [5.74, 6) is 0.675. The third kappa shape index (κ3) is 3.68. The Hall–Kier alpha value is -2.63. The molecule has 0 radical (unpaired) electrons. The van der Waals surface area contributed by atoms with E-state index >= 15 is 0 Å². The largest absolute Gasteiger partial charge is 0.488 e. The van der Waals surface area contributed by atoms with E-state index in [9.17, 15) is 4.79 Å². The van der Waals surface area contributed by atoms with Gasteiger partial charge in [0.05, 0.1) is 4.91 Å². The van der Waals surface area contributed by atoms with E-state index in [2.05, 4.69) is 31.2 Å². The summed E-state index contributed by atoms with van der Waals surface area (Å²) < 4.78 is 6.74. The van der Waals surface area contributed by atoms with Gasteiger partial charge >= 0.3 is 0 Å². The molecule has 0 saturated carbocycles. The lowest BCUT2D eigenvalue weighted by atomic mass is 10.0. The maximum Gasteiger partial charge on any atom is 0.265 e. The zero-order valence-corrected chi connectivity index (χ0v) is 17.3. The summed E-state index contributed by atoms with van der Waals surface area (Å²) in [6, 6.07) is 20.4. The first-order valence-electron chi connectivity index (χ1n) is 8.94. The molecule has 1 heterocycles. The highest BCUT2D eigenvalue weighted by atomic mass is 32.2. The number of nitrogens with zero attached hydrogens (tertiary/aromatic N) is 1. The lowest BCUT2D eigenvalue weighted by molar-refractivity contribution is -0.121. The van der Waals surface area contributed by atoms with Crippen LogP contribution in [-0.4, -0.2) is 22.2 Å². The van der Waals surface area contributed by atoms with Crippen molar-refractivity contribution < 1.29 is 9.53 Å². The van der Waals surface area contributed by atoms with Gasteiger partial charge in [0.2, 0.25) is 0 Å². The Morgan fingerprint density at radius 3 is 2.68 bits per heavy atom. The van der Waals surface area contributed by atoms with Crippen LogP contribution in [0.25, 0.3) is 16.8 Å². The molecule has 5 heteroatoms. The standard InChI is InChI=1S/C23H19NO2S2/c1-15-6-5-7-16(12-15)14-26-20-11-10-17-8-3-4-9-18(17)19(20)13-21-22(25)24(2)23(27)28-21/h3-13H,14H2,1-2H3. The van der Waals surface area contributed by atoms with Crippen LogP contribution < -0.4 is 4.74 Å². The lowest BCUT2D eigenvalue weighted by Crippen LogP contribution is -2.22. The SMILES string of the molecule is Cc1cccc(COc2ccc3ccccc3c2C=C2SC(=S)N(C)C2=O)c1. The van der Waals surface area contributed by atoms with Crippen LogP contribution in [0.5, 0.6) is 5.75 Å². The monoisotopic (exact) mass is 405 g/mol. The Kier molecular flexibility index (Phi) is 5.20. The highest BCUT2D eigenvalue weighted by Crippen LogP contribution is 2.36. The summed E-state index contributed by atoms with van der Waals surface area (Å²) >= 11 is 6.59. The van der Waals surface area contributed by atoms with E-state index in [0.717, 1.165) is 27.6 Å². The van der Waals surface area contributed by atoms with Gasteiger partial charge in [-0.15, -0.1) is 0 Å². The van der Waals surface area contributed by atoms with Crippen molar-refractivity contribution in [3.63, 3.8) is 0 Å². The number of aryl methyl sites for hydroxylation is 1. The molecule has 1 aliphatic heterocycles. The predicted molar refractivity (Wildman–Crippen MR) is 120 cm³/mol. The number of hydrogen-bond donors (Lipinski definition) is 0. The average molecular weight is 406 g/mol. The van der Waals surface area contributed by atoms with E-state index < -0.39 is 0 Å². The first-order chi connectivity index (χ1) is 13.5. The molecule has 1 saturated heterocycles. The second kappa shape index (κ2) is 7.78. The second-order valence-corrected chi connectivity index (χ2v) is 8.39. The molecule has 0 unspecified atom stereocenters. The maximum atomic E-state index is 12.5. The van der Waals surface area contributed by atoms with Crippen molar-refractivity contribution in [3.8, 4) is 5.75 Å². The lowest BCUT2D eigenvalue weighted by Gasteiger charge is -2.13. The van der Waals surface area contributed by atoms with Gasteiger partial charge in [0.1, 0.15) is 16.7 Å². The quantitative estimate of drug-likeness (QED) is 0.420. The fraction of sp³-hybridized carbons (Fsp3) is 0.130. The number of benzene rings is 3. The van der Waals surface area contributed by atoms with Crippen LogP contribution in [0, 0.1) is 6.92 Å². The summed E-state index contributed by atoms with van der Waals surface area (Å²) in [5, 5.41) is 2.15. The topological polar surface area (TPSA) is 29.5 Å². The van der Waals surface area contributed by atoms with E-state index in [1.54, 1.807) is 7.05 Å². The summed E-state index contributed by atoms with van der Waals surface area (Å²) in [5.41, 5.74) is 3.21. The third-order valence-corrected chi connectivity index (χ3v) is 6.15. The van der Waals surface area contributed by atoms with Crippen LogP contribution in [0.15, 0.2) is 65.6 Å². The fourth-order valence-corrected chi connectivity index (χ4v) is 4.35. The number of likely N-dealkylation sites (N-methyl/N-ethyl adjacent to an activating group) is 1. The minimum Gasteiger partial charge on any atom is -0.488 e. The van der Waals surface area contributed by atoms with E-state index in [1.165, 1.54) is 22.2 Å². The minimum atomic E-state index is -0.0763. The van der Waals surface area contributed by atoms with Gasteiger partial charge in [-0.3, -0.25) is 9.69 Å². The number of hydrogen-bond acceptors (Lipinski definition) is 4. The molecule has 0 atom stereocenters. The van der Waals surface area contributed by atoms with Crippen LogP contribution >= 0.6 is 24.0 Å². The van der Waals surface area contributed by atoms with E-state index in [1.807, 2.05) is 42.5 Å². The first-order valence-corrected chi connectivity index (χ1v) is 10.2. The Balaban J connectivity index is 1.75. The Labute approximate surface area is 174 Å². The Bertz CT molecular complexity index is 1120. The van der Waals surface area contributed by atoms with Gasteiger partial charge in [-0.1, -0.05) is 84.1 Å². The van der Waals surface area contributed by atoms with Crippen LogP contribution in [-0.2, 0) is 11.4 Å². The summed E-state index contributed by atoms with van der Waals surface area (Å²) in [6.45, 7) is 2.54. The predicted octanol–water partition coefficient (Wildman–Crippen LogP) is 5.56. The van der Waals surface area contributed by atoms with E-state index in [0.29, 0.717) is 15.8 Å². The minimum absolute atomic E-state index is 0.0763. The van der Waals surface area contributed by atoms with Gasteiger partial charge in [0, 0.05) is 12.6 Å². The van der Waals surface area contributed by atoms with Gasteiger partial charge in [-0.25, -0.2) is 0 Å². The molecule has 3 aromatic carbocycles. The normalized spacial score (nSPS) is 15.6. The van der Waals surface area contributed by atoms with Crippen molar-refractivity contribution in [1.29, 1.82) is 0 Å². The molecule has 1 amide bonds. The highest BCUT2D eigenvalue weighted by Gasteiger charge is 2.29. The highest BCUT2D eigenvalue weighted by molar-refractivity contribution is 8.26. The maximum absolute atomic E-state index is 12.5. The molecule has 4 rings (SSSR count). The third-order valence-electron chi connectivity index (χ3n) is 4.67. The van der Waals surface area contributed by atoms with Gasteiger partial charge in [-0.2, -0.15) is 0 Å². The zero-order valence-electron chi connectivity index (χ0n) is 15.6. The van der Waals surface area contributed by atoms with Crippen LogP contribution in [0.4, 0.5) is 0 Å².